The summed E-state index contributed by atoms with van der Waals surface area (Å²) in [5.41, 5.74) is 3.46. The molecule has 0 aliphatic rings. The number of halogens is 1. The molecule has 1 nitrogen and oxygen atoms in total. The molecule has 3 rings (SSSR count). The van der Waals surface area contributed by atoms with Crippen LogP contribution in [0.3, 0.4) is 0 Å². The summed E-state index contributed by atoms with van der Waals surface area (Å²) in [6, 6.07) is 31.1. The average Bonchev–Trinajstić information content (AvgIpc) is 2.85. The van der Waals surface area contributed by atoms with Gasteiger partial charge in [-0.3, -0.25) is 0 Å². The Bertz CT molecular complexity index is 944. The molecule has 0 spiro atoms. The molecule has 3 heteroatoms. The predicted molar refractivity (Wildman–Crippen MR) is 148 cm³/mol. The number of hydrogen-bond donors (Lipinski definition) is 0. The Labute approximate surface area is 214 Å². The van der Waals surface area contributed by atoms with Crippen LogP contribution in [0, 0.1) is 0 Å². The van der Waals surface area contributed by atoms with Gasteiger partial charge < -0.3 is 0 Å². The van der Waals surface area contributed by atoms with E-state index in [1.165, 1.54) is 44.1 Å². The molecule has 1 unspecified atom stereocenters. The minimum atomic E-state index is -3.69. The Morgan fingerprint density at radius 1 is 0.618 bits per heavy atom. The van der Waals surface area contributed by atoms with Crippen LogP contribution in [0.5, 0.6) is 0 Å². The second-order valence-corrected chi connectivity index (χ2v) is 17.8. The van der Waals surface area contributed by atoms with Gasteiger partial charge in [0.15, 0.2) is 0 Å². The van der Waals surface area contributed by atoms with Gasteiger partial charge in [-0.05, 0) is 0 Å². The van der Waals surface area contributed by atoms with E-state index >= 15 is 3.74 Å². The van der Waals surface area contributed by atoms with Gasteiger partial charge in [-0.25, -0.2) is 0 Å². The summed E-state index contributed by atoms with van der Waals surface area (Å²) in [5.74, 6) is 0. The fourth-order valence-electron chi connectivity index (χ4n) is 4.79. The summed E-state index contributed by atoms with van der Waals surface area (Å²) in [6.45, 7) is 2.25. The summed E-state index contributed by atoms with van der Waals surface area (Å²) in [4.78, 5) is 0. The number of unbranched alkanes of at least 4 members (excludes halogenated alkanes) is 6. The molecule has 0 N–H and O–H groups in total. The number of hydrogen-bond acceptors (Lipinski definition) is 1. The topological polar surface area (TPSA) is 17.1 Å². The molecule has 0 bridgehead atoms. The van der Waals surface area contributed by atoms with Crippen LogP contribution in [0.1, 0.15) is 75.0 Å². The fraction of sp³-hybridized carbons (Fsp3) is 0.419. The van der Waals surface area contributed by atoms with E-state index in [0.29, 0.717) is 16.8 Å². The van der Waals surface area contributed by atoms with Crippen LogP contribution in [0.4, 0.5) is 0 Å². The second-order valence-electron chi connectivity index (χ2n) is 9.63. The van der Waals surface area contributed by atoms with Crippen LogP contribution in [0.2, 0.25) is 0 Å². The van der Waals surface area contributed by atoms with Crippen molar-refractivity contribution >= 4 is 25.1 Å². The van der Waals surface area contributed by atoms with Crippen molar-refractivity contribution in [3.05, 3.63) is 108 Å². The molecule has 0 aliphatic carbocycles. The summed E-state index contributed by atoms with van der Waals surface area (Å²) in [5, 5.41) is 1.20. The van der Waals surface area contributed by atoms with Crippen LogP contribution >= 0.6 is 11.6 Å². The van der Waals surface area contributed by atoms with Crippen molar-refractivity contribution in [2.45, 2.75) is 78.8 Å². The van der Waals surface area contributed by atoms with Crippen LogP contribution in [-0.2, 0) is 20.6 Å². The Morgan fingerprint density at radius 2 is 1.03 bits per heavy atom. The number of alkyl halides is 1. The van der Waals surface area contributed by atoms with Gasteiger partial charge in [0, 0.05) is 0 Å². The van der Waals surface area contributed by atoms with Crippen molar-refractivity contribution in [3.8, 4) is 0 Å². The Kier molecular flexibility index (Phi) is 11.1. The molecule has 3 aromatic carbocycles. The molecule has 0 radical (unpaired) electrons. The molecular weight excluding hydrogens is 499 g/mol. The van der Waals surface area contributed by atoms with Crippen LogP contribution in [0.15, 0.2) is 91.0 Å². The molecule has 182 valence electrons. The van der Waals surface area contributed by atoms with Gasteiger partial charge in [-0.1, -0.05) is 0 Å². The quantitative estimate of drug-likeness (QED) is 0.107. The molecule has 0 aliphatic heterocycles. The van der Waals surface area contributed by atoms with Crippen LogP contribution in [0.25, 0.3) is 0 Å². The normalized spacial score (nSPS) is 13.5. The zero-order valence-electron chi connectivity index (χ0n) is 20.7. The Balaban J connectivity index is 1.87. The maximum atomic E-state index is 15.1. The summed E-state index contributed by atoms with van der Waals surface area (Å²) < 4.78 is 14.4. The summed E-state index contributed by atoms with van der Waals surface area (Å²) in [6.07, 6.45) is 10.1. The van der Waals surface area contributed by atoms with Crippen molar-refractivity contribution < 1.29 is 3.74 Å². The van der Waals surface area contributed by atoms with E-state index in [4.69, 9.17) is 11.6 Å². The zero-order valence-corrected chi connectivity index (χ0v) is 23.3. The van der Waals surface area contributed by atoms with Gasteiger partial charge in [0.1, 0.15) is 0 Å². The first-order valence-electron chi connectivity index (χ1n) is 12.9. The van der Waals surface area contributed by atoms with E-state index in [1.54, 1.807) is 0 Å². The van der Waals surface area contributed by atoms with E-state index in [0.717, 1.165) is 24.0 Å². The van der Waals surface area contributed by atoms with Crippen molar-refractivity contribution in [1.29, 1.82) is 0 Å². The predicted octanol–water partition coefficient (Wildman–Crippen LogP) is 8.83. The van der Waals surface area contributed by atoms with E-state index < -0.39 is 17.2 Å². The Morgan fingerprint density at radius 3 is 1.50 bits per heavy atom. The zero-order chi connectivity index (χ0) is 24.1. The Hall–Kier alpha value is -1.69. The molecule has 0 fully saturated rings. The molecule has 1 atom stereocenters. The monoisotopic (exact) mass is 538 g/mol. The van der Waals surface area contributed by atoms with Gasteiger partial charge in [-0.15, -0.1) is 0 Å². The standard InChI is InChI=1S/C31H40AsClO/c1-2-3-4-5-6-7-17-24-31(33,25-28-18-11-8-12-19-28)32(34,26-29-20-13-9-14-21-29)27-30-22-15-10-16-23-30/h8-16,18-23H,2-7,17,24-27H2,1H3. The van der Waals surface area contributed by atoms with Crippen molar-refractivity contribution in [3.63, 3.8) is 0 Å². The molecule has 3 aromatic rings. The molecule has 0 saturated carbocycles. The molecule has 0 amide bonds. The van der Waals surface area contributed by atoms with Gasteiger partial charge in [0.05, 0.1) is 0 Å². The number of benzene rings is 3. The van der Waals surface area contributed by atoms with E-state index in [9.17, 15) is 0 Å². The molecule has 34 heavy (non-hydrogen) atoms. The van der Waals surface area contributed by atoms with Crippen LogP contribution < -0.4 is 0 Å². The van der Waals surface area contributed by atoms with Crippen molar-refractivity contribution in [2.24, 2.45) is 0 Å². The van der Waals surface area contributed by atoms with Crippen molar-refractivity contribution in [1.82, 2.24) is 0 Å². The van der Waals surface area contributed by atoms with E-state index in [-0.39, 0.29) is 0 Å². The fourth-order valence-corrected chi connectivity index (χ4v) is 12.7. The van der Waals surface area contributed by atoms with Gasteiger partial charge >= 0.3 is 215 Å². The van der Waals surface area contributed by atoms with Gasteiger partial charge in [0.25, 0.3) is 0 Å². The van der Waals surface area contributed by atoms with E-state index in [2.05, 4.69) is 55.5 Å². The number of rotatable bonds is 15. The summed E-state index contributed by atoms with van der Waals surface area (Å²) >= 11 is 3.92. The van der Waals surface area contributed by atoms with Gasteiger partial charge in [0.2, 0.25) is 0 Å². The first-order chi connectivity index (χ1) is 16.5. The van der Waals surface area contributed by atoms with Gasteiger partial charge in [-0.2, -0.15) is 0 Å². The first kappa shape index (κ1) is 26.9. The molecular formula is C31H40AsClO. The third kappa shape index (κ3) is 8.21. The average molecular weight is 539 g/mol. The first-order valence-corrected chi connectivity index (χ1v) is 17.7. The van der Waals surface area contributed by atoms with Crippen LogP contribution in [-0.4, -0.2) is 17.2 Å². The molecule has 0 aromatic heterocycles. The van der Waals surface area contributed by atoms with E-state index in [1.807, 2.05) is 42.5 Å². The third-order valence-electron chi connectivity index (χ3n) is 6.77. The minimum absolute atomic E-state index is 0.598. The van der Waals surface area contributed by atoms with Crippen molar-refractivity contribution in [2.75, 3.05) is 0 Å². The SMILES string of the molecule is CCCCCCCCCC(Cl)(Cc1ccccc1)[As](=O)(Cc1ccccc1)Cc1ccccc1. The molecule has 0 heterocycles. The second kappa shape index (κ2) is 14.0. The maximum absolute atomic E-state index is 15.1. The summed E-state index contributed by atoms with van der Waals surface area (Å²) in [7, 11) is 0. The third-order valence-corrected chi connectivity index (χ3v) is 16.2. The molecule has 0 saturated heterocycles.